The maximum atomic E-state index is 13.1. The van der Waals surface area contributed by atoms with Crippen LogP contribution in [0.2, 0.25) is 0 Å². The number of hydrogen-bond acceptors (Lipinski definition) is 2. The van der Waals surface area contributed by atoms with Gasteiger partial charge in [0.1, 0.15) is 5.82 Å². The van der Waals surface area contributed by atoms with E-state index in [-0.39, 0.29) is 5.82 Å². The molecular formula is C15H17FN2. The lowest BCUT2D eigenvalue weighted by Gasteiger charge is -2.15. The molecule has 3 rings (SSSR count). The number of nitrogens with zero attached hydrogens (tertiary/aromatic N) is 1. The molecule has 1 saturated heterocycles. The summed E-state index contributed by atoms with van der Waals surface area (Å²) >= 11 is 0. The molecule has 0 aliphatic carbocycles. The van der Waals surface area contributed by atoms with Crippen LogP contribution in [0.25, 0.3) is 10.8 Å². The molecule has 2 aromatic carbocycles. The molecule has 0 bridgehead atoms. The fourth-order valence-electron chi connectivity index (χ4n) is 2.63. The molecule has 1 atom stereocenters. The summed E-state index contributed by atoms with van der Waals surface area (Å²) in [6.07, 6.45) is 1.08. The van der Waals surface area contributed by atoms with Crippen LogP contribution >= 0.6 is 0 Å². The van der Waals surface area contributed by atoms with Crippen molar-refractivity contribution >= 4 is 10.8 Å². The average molecular weight is 244 g/mol. The summed E-state index contributed by atoms with van der Waals surface area (Å²) in [5.41, 5.74) is 7.17. The van der Waals surface area contributed by atoms with Gasteiger partial charge in [-0.2, -0.15) is 0 Å². The summed E-state index contributed by atoms with van der Waals surface area (Å²) < 4.78 is 13.1. The zero-order valence-electron chi connectivity index (χ0n) is 10.3. The van der Waals surface area contributed by atoms with Gasteiger partial charge < -0.3 is 5.73 Å². The molecule has 1 unspecified atom stereocenters. The first kappa shape index (κ1) is 11.6. The number of benzene rings is 2. The molecule has 1 heterocycles. The molecule has 94 valence electrons. The molecule has 1 aliphatic heterocycles. The highest BCUT2D eigenvalue weighted by Crippen LogP contribution is 2.19. The van der Waals surface area contributed by atoms with Gasteiger partial charge in [0.2, 0.25) is 0 Å². The van der Waals surface area contributed by atoms with E-state index in [0.29, 0.717) is 6.04 Å². The van der Waals surface area contributed by atoms with E-state index in [1.807, 2.05) is 12.1 Å². The van der Waals surface area contributed by atoms with E-state index in [1.165, 1.54) is 11.6 Å². The van der Waals surface area contributed by atoms with Crippen LogP contribution in [0.15, 0.2) is 36.4 Å². The maximum Gasteiger partial charge on any atom is 0.123 e. The van der Waals surface area contributed by atoms with Crippen molar-refractivity contribution in [3.63, 3.8) is 0 Å². The van der Waals surface area contributed by atoms with E-state index in [1.54, 1.807) is 6.07 Å². The molecule has 0 radical (unpaired) electrons. The molecule has 0 aromatic heterocycles. The normalized spacial score (nSPS) is 20.7. The largest absolute Gasteiger partial charge is 0.326 e. The first-order chi connectivity index (χ1) is 8.70. The molecule has 0 amide bonds. The lowest BCUT2D eigenvalue weighted by atomic mass is 10.1. The van der Waals surface area contributed by atoms with Gasteiger partial charge in [-0.3, -0.25) is 4.90 Å². The van der Waals surface area contributed by atoms with Crippen molar-refractivity contribution in [2.24, 2.45) is 5.73 Å². The Bertz CT molecular complexity index is 567. The number of halogens is 1. The van der Waals surface area contributed by atoms with Crippen molar-refractivity contribution in [2.75, 3.05) is 13.1 Å². The Balaban J connectivity index is 1.82. The van der Waals surface area contributed by atoms with Crippen LogP contribution in [0.1, 0.15) is 12.0 Å². The second-order valence-corrected chi connectivity index (χ2v) is 5.11. The SMILES string of the molecule is NC1CCN(Cc2ccc3cc(F)ccc3c2)C1. The average Bonchev–Trinajstić information content (AvgIpc) is 2.75. The highest BCUT2D eigenvalue weighted by molar-refractivity contribution is 5.83. The Labute approximate surface area is 106 Å². The van der Waals surface area contributed by atoms with Crippen molar-refractivity contribution in [3.05, 3.63) is 47.8 Å². The predicted octanol–water partition coefficient (Wildman–Crippen LogP) is 2.51. The van der Waals surface area contributed by atoms with Crippen LogP contribution in [0, 0.1) is 5.82 Å². The zero-order chi connectivity index (χ0) is 12.5. The van der Waals surface area contributed by atoms with Crippen LogP contribution in [0.5, 0.6) is 0 Å². The lowest BCUT2D eigenvalue weighted by Crippen LogP contribution is -2.26. The second-order valence-electron chi connectivity index (χ2n) is 5.11. The summed E-state index contributed by atoms with van der Waals surface area (Å²) in [6.45, 7) is 2.98. The van der Waals surface area contributed by atoms with Gasteiger partial charge in [-0.15, -0.1) is 0 Å². The van der Waals surface area contributed by atoms with Gasteiger partial charge >= 0.3 is 0 Å². The summed E-state index contributed by atoms with van der Waals surface area (Å²) in [5, 5.41) is 2.05. The third-order valence-corrected chi connectivity index (χ3v) is 3.58. The van der Waals surface area contributed by atoms with E-state index in [0.717, 1.165) is 36.8 Å². The fourth-order valence-corrected chi connectivity index (χ4v) is 2.63. The number of likely N-dealkylation sites (tertiary alicyclic amines) is 1. The van der Waals surface area contributed by atoms with Crippen LogP contribution < -0.4 is 5.73 Å². The number of hydrogen-bond donors (Lipinski definition) is 1. The van der Waals surface area contributed by atoms with Crippen molar-refractivity contribution in [1.29, 1.82) is 0 Å². The minimum absolute atomic E-state index is 0.180. The molecule has 3 heteroatoms. The van der Waals surface area contributed by atoms with Gasteiger partial charge in [0.25, 0.3) is 0 Å². The van der Waals surface area contributed by atoms with Crippen LogP contribution in [0.3, 0.4) is 0 Å². The van der Waals surface area contributed by atoms with E-state index in [9.17, 15) is 4.39 Å². The van der Waals surface area contributed by atoms with E-state index >= 15 is 0 Å². The van der Waals surface area contributed by atoms with E-state index in [2.05, 4.69) is 17.0 Å². The Hall–Kier alpha value is -1.45. The lowest BCUT2D eigenvalue weighted by molar-refractivity contribution is 0.327. The van der Waals surface area contributed by atoms with Crippen molar-refractivity contribution < 1.29 is 4.39 Å². The summed E-state index contributed by atoms with van der Waals surface area (Å²) in [4.78, 5) is 2.37. The Kier molecular flexibility index (Phi) is 3.02. The molecule has 18 heavy (non-hydrogen) atoms. The standard InChI is InChI=1S/C15H17FN2/c16-14-4-3-12-7-11(1-2-13(12)8-14)9-18-6-5-15(17)10-18/h1-4,7-8,15H,5-6,9-10,17H2. The Morgan fingerprint density at radius 2 is 1.94 bits per heavy atom. The first-order valence-electron chi connectivity index (χ1n) is 6.37. The van der Waals surface area contributed by atoms with E-state index < -0.39 is 0 Å². The van der Waals surface area contributed by atoms with Crippen molar-refractivity contribution in [2.45, 2.75) is 19.0 Å². The molecule has 2 aromatic rings. The number of nitrogens with two attached hydrogens (primary N) is 1. The maximum absolute atomic E-state index is 13.1. The fraction of sp³-hybridized carbons (Fsp3) is 0.333. The minimum atomic E-state index is -0.180. The van der Waals surface area contributed by atoms with Crippen molar-refractivity contribution in [3.8, 4) is 0 Å². The Morgan fingerprint density at radius 1 is 1.17 bits per heavy atom. The highest BCUT2D eigenvalue weighted by Gasteiger charge is 2.18. The quantitative estimate of drug-likeness (QED) is 0.879. The summed E-state index contributed by atoms with van der Waals surface area (Å²) in [5.74, 6) is -0.180. The van der Waals surface area contributed by atoms with Gasteiger partial charge in [-0.05, 0) is 41.0 Å². The second kappa shape index (κ2) is 4.67. The first-order valence-corrected chi connectivity index (χ1v) is 6.37. The molecule has 2 N–H and O–H groups in total. The Morgan fingerprint density at radius 3 is 2.72 bits per heavy atom. The van der Waals surface area contributed by atoms with E-state index in [4.69, 9.17) is 5.73 Å². The molecule has 2 nitrogen and oxygen atoms in total. The third-order valence-electron chi connectivity index (χ3n) is 3.58. The molecular weight excluding hydrogens is 227 g/mol. The van der Waals surface area contributed by atoms with Gasteiger partial charge in [0.15, 0.2) is 0 Å². The number of rotatable bonds is 2. The van der Waals surface area contributed by atoms with Gasteiger partial charge in [-0.1, -0.05) is 18.2 Å². The topological polar surface area (TPSA) is 29.3 Å². The minimum Gasteiger partial charge on any atom is -0.326 e. The molecule has 0 spiro atoms. The van der Waals surface area contributed by atoms with Crippen LogP contribution in [-0.2, 0) is 6.54 Å². The van der Waals surface area contributed by atoms with Gasteiger partial charge in [-0.25, -0.2) is 4.39 Å². The predicted molar refractivity (Wildman–Crippen MR) is 71.8 cm³/mol. The van der Waals surface area contributed by atoms with Gasteiger partial charge in [0, 0.05) is 25.7 Å². The molecule has 0 saturated carbocycles. The summed E-state index contributed by atoms with van der Waals surface area (Å²) in [7, 11) is 0. The highest BCUT2D eigenvalue weighted by atomic mass is 19.1. The smallest absolute Gasteiger partial charge is 0.123 e. The van der Waals surface area contributed by atoms with Gasteiger partial charge in [0.05, 0.1) is 0 Å². The van der Waals surface area contributed by atoms with Crippen molar-refractivity contribution in [1.82, 2.24) is 4.90 Å². The summed E-state index contributed by atoms with van der Waals surface area (Å²) in [6, 6.07) is 11.4. The van der Waals surface area contributed by atoms with Crippen LogP contribution in [0.4, 0.5) is 4.39 Å². The molecule has 1 fully saturated rings. The molecule has 1 aliphatic rings. The van der Waals surface area contributed by atoms with Crippen LogP contribution in [-0.4, -0.2) is 24.0 Å². The number of fused-ring (bicyclic) bond motifs is 1. The third kappa shape index (κ3) is 2.37. The zero-order valence-corrected chi connectivity index (χ0v) is 10.3. The monoisotopic (exact) mass is 244 g/mol.